The fourth-order valence-electron chi connectivity index (χ4n) is 8.76. The number of hydrogen-bond donors (Lipinski definition) is 2. The van der Waals surface area contributed by atoms with E-state index in [9.17, 15) is 9.59 Å². The number of benzene rings is 4. The van der Waals surface area contributed by atoms with Crippen LogP contribution in [0, 0.1) is 39.5 Å². The molecule has 298 valence electrons. The van der Waals surface area contributed by atoms with Crippen LogP contribution in [-0.4, -0.2) is 24.8 Å². The van der Waals surface area contributed by atoms with Crippen LogP contribution >= 0.6 is 11.3 Å². The molecule has 0 bridgehead atoms. The molecule has 1 aromatic heterocycles. The normalized spacial score (nSPS) is 16.2. The molecule has 0 radical (unpaired) electrons. The first kappa shape index (κ1) is 40.3. The Bertz CT molecular complexity index is 2200. The Morgan fingerprint density at radius 2 is 1.19 bits per heavy atom. The van der Waals surface area contributed by atoms with Gasteiger partial charge in [-0.05, 0) is 135 Å². The van der Waals surface area contributed by atoms with E-state index >= 15 is 0 Å². The fraction of sp³-hybridized carbons (Fsp3) is 0.400. The minimum atomic E-state index is -0.168. The number of anilines is 4. The van der Waals surface area contributed by atoms with Gasteiger partial charge < -0.3 is 20.1 Å². The number of carbonyl (C=O) groups excluding carboxylic acids is 2. The molecule has 0 spiro atoms. The lowest BCUT2D eigenvalue weighted by Gasteiger charge is -2.29. The number of fused-ring (bicyclic) bond motifs is 2. The molecule has 2 N–H and O–H groups in total. The number of ketones is 2. The lowest BCUT2D eigenvalue weighted by Crippen LogP contribution is -2.23. The van der Waals surface area contributed by atoms with Crippen molar-refractivity contribution in [2.75, 3.05) is 23.8 Å². The Morgan fingerprint density at radius 1 is 0.632 bits per heavy atom. The summed E-state index contributed by atoms with van der Waals surface area (Å²) in [5, 5.41) is 7.88. The van der Waals surface area contributed by atoms with E-state index in [0.29, 0.717) is 39.5 Å². The van der Waals surface area contributed by atoms with Crippen molar-refractivity contribution < 1.29 is 19.1 Å². The standard InChI is InChI=1S/C50H58N2O4S/c1-7-9-11-14-35-19-21-36(22-20-35)30-56-50-33(5)28-38(29-34(50)6)51-41-17-12-15-39-45(41)47(53)40-16-13-18-42(46(40)48(39)54)52-44-24-23-43(57-44)37-26-31(3)49(32(4)27-37)55-25-10-8-2/h12-13,15-18,23-24,26-29,35-36,51-52H,7-11,14,19-22,25,30H2,1-6H3. The van der Waals surface area contributed by atoms with Gasteiger partial charge in [0.25, 0.3) is 0 Å². The second-order valence-corrected chi connectivity index (χ2v) is 17.4. The molecule has 1 heterocycles. The van der Waals surface area contributed by atoms with Gasteiger partial charge in [0.2, 0.25) is 0 Å². The average molecular weight is 783 g/mol. The smallest absolute Gasteiger partial charge is 0.196 e. The summed E-state index contributed by atoms with van der Waals surface area (Å²) in [6.07, 6.45) is 12.7. The molecule has 1 fully saturated rings. The zero-order valence-electron chi connectivity index (χ0n) is 34.6. The Kier molecular flexibility index (Phi) is 12.8. The largest absolute Gasteiger partial charge is 0.493 e. The van der Waals surface area contributed by atoms with E-state index in [1.54, 1.807) is 23.5 Å². The number of carbonyl (C=O) groups is 2. The number of ether oxygens (including phenoxy) is 2. The van der Waals surface area contributed by atoms with E-state index in [-0.39, 0.29) is 11.6 Å². The Labute approximate surface area is 343 Å². The number of nitrogens with one attached hydrogen (secondary N) is 2. The maximum Gasteiger partial charge on any atom is 0.196 e. The molecule has 2 aliphatic carbocycles. The molecule has 0 unspecified atom stereocenters. The third-order valence-electron chi connectivity index (χ3n) is 11.8. The van der Waals surface area contributed by atoms with Gasteiger partial charge in [0.05, 0.1) is 40.7 Å². The van der Waals surface area contributed by atoms with E-state index in [1.165, 1.54) is 51.4 Å². The van der Waals surface area contributed by atoms with Gasteiger partial charge in [0, 0.05) is 21.7 Å². The van der Waals surface area contributed by atoms with Crippen LogP contribution in [0.1, 0.15) is 132 Å². The molecule has 0 aliphatic heterocycles. The molecule has 57 heavy (non-hydrogen) atoms. The second-order valence-electron chi connectivity index (χ2n) is 16.3. The van der Waals surface area contributed by atoms with Gasteiger partial charge in [0.1, 0.15) is 11.5 Å². The molecular formula is C50H58N2O4S. The summed E-state index contributed by atoms with van der Waals surface area (Å²) in [6.45, 7) is 14.3. The van der Waals surface area contributed by atoms with Crippen molar-refractivity contribution in [2.45, 2.75) is 106 Å². The fourth-order valence-corrected chi connectivity index (χ4v) is 9.66. The van der Waals surface area contributed by atoms with Crippen LogP contribution in [0.4, 0.5) is 22.1 Å². The number of thiophene rings is 1. The maximum atomic E-state index is 14.3. The van der Waals surface area contributed by atoms with Gasteiger partial charge in [-0.2, -0.15) is 0 Å². The highest BCUT2D eigenvalue weighted by atomic mass is 32.1. The van der Waals surface area contributed by atoms with Gasteiger partial charge in [0.15, 0.2) is 11.6 Å². The van der Waals surface area contributed by atoms with Gasteiger partial charge in [-0.15, -0.1) is 11.3 Å². The zero-order chi connectivity index (χ0) is 40.1. The summed E-state index contributed by atoms with van der Waals surface area (Å²) < 4.78 is 12.6. The summed E-state index contributed by atoms with van der Waals surface area (Å²) in [5.41, 5.74) is 9.17. The molecule has 7 heteroatoms. The summed E-state index contributed by atoms with van der Waals surface area (Å²) in [7, 11) is 0. The van der Waals surface area contributed by atoms with Gasteiger partial charge in [-0.1, -0.05) is 83.1 Å². The van der Waals surface area contributed by atoms with Gasteiger partial charge in [-0.3, -0.25) is 9.59 Å². The molecule has 4 aromatic carbocycles. The lowest BCUT2D eigenvalue weighted by molar-refractivity contribution is 0.0980. The SMILES string of the molecule is CCCCCC1CCC(COc2c(C)cc(Nc3cccc4c3C(=O)c3cccc(Nc5ccc(-c6cc(C)c(OCCCC)c(C)c6)s5)c3C4=O)cc2C)CC1. The van der Waals surface area contributed by atoms with E-state index in [2.05, 4.69) is 82.5 Å². The van der Waals surface area contributed by atoms with Crippen molar-refractivity contribution in [3.63, 3.8) is 0 Å². The van der Waals surface area contributed by atoms with Gasteiger partial charge in [-0.25, -0.2) is 0 Å². The van der Waals surface area contributed by atoms with Crippen molar-refractivity contribution in [3.8, 4) is 21.9 Å². The van der Waals surface area contributed by atoms with Crippen molar-refractivity contribution in [2.24, 2.45) is 11.8 Å². The molecular weight excluding hydrogens is 725 g/mol. The van der Waals surface area contributed by atoms with Crippen LogP contribution in [0.5, 0.6) is 11.5 Å². The predicted octanol–water partition coefficient (Wildman–Crippen LogP) is 13.9. The van der Waals surface area contributed by atoms with Crippen LogP contribution in [0.3, 0.4) is 0 Å². The van der Waals surface area contributed by atoms with Crippen LogP contribution in [0.25, 0.3) is 10.4 Å². The highest BCUT2D eigenvalue weighted by molar-refractivity contribution is 7.19. The third kappa shape index (κ3) is 8.99. The maximum absolute atomic E-state index is 14.3. The van der Waals surface area contributed by atoms with Crippen LogP contribution in [-0.2, 0) is 0 Å². The molecule has 1 saturated carbocycles. The first-order valence-corrected chi connectivity index (χ1v) is 21.9. The summed E-state index contributed by atoms with van der Waals surface area (Å²) in [6, 6.07) is 23.6. The second kappa shape index (κ2) is 18.1. The van der Waals surface area contributed by atoms with Crippen molar-refractivity contribution in [1.29, 1.82) is 0 Å². The minimum absolute atomic E-state index is 0.167. The van der Waals surface area contributed by atoms with E-state index in [4.69, 9.17) is 9.47 Å². The van der Waals surface area contributed by atoms with Gasteiger partial charge >= 0.3 is 0 Å². The highest BCUT2D eigenvalue weighted by Gasteiger charge is 2.34. The van der Waals surface area contributed by atoms with Crippen LogP contribution < -0.4 is 20.1 Å². The number of unbranched alkanes of at least 4 members (excludes halogenated alkanes) is 3. The third-order valence-corrected chi connectivity index (χ3v) is 12.9. The Morgan fingerprint density at radius 3 is 1.81 bits per heavy atom. The lowest BCUT2D eigenvalue weighted by atomic mass is 9.80. The summed E-state index contributed by atoms with van der Waals surface area (Å²) in [5.74, 6) is 3.06. The van der Waals surface area contributed by atoms with Crippen LogP contribution in [0.2, 0.25) is 0 Å². The quantitative estimate of drug-likeness (QED) is 0.0952. The monoisotopic (exact) mass is 782 g/mol. The molecule has 0 saturated heterocycles. The average Bonchev–Trinajstić information content (AvgIpc) is 3.67. The van der Waals surface area contributed by atoms with E-state index in [1.807, 2.05) is 30.3 Å². The number of rotatable bonds is 16. The first-order chi connectivity index (χ1) is 27.6. The Balaban J connectivity index is 1.04. The molecule has 0 amide bonds. The molecule has 7 rings (SSSR count). The summed E-state index contributed by atoms with van der Waals surface area (Å²) >= 11 is 1.62. The zero-order valence-corrected chi connectivity index (χ0v) is 35.4. The van der Waals surface area contributed by atoms with Crippen molar-refractivity contribution in [1.82, 2.24) is 0 Å². The van der Waals surface area contributed by atoms with Crippen molar-refractivity contribution in [3.05, 3.63) is 117 Å². The summed E-state index contributed by atoms with van der Waals surface area (Å²) in [4.78, 5) is 29.7. The van der Waals surface area contributed by atoms with Crippen LogP contribution in [0.15, 0.2) is 72.8 Å². The van der Waals surface area contributed by atoms with E-state index in [0.717, 1.165) is 86.9 Å². The molecule has 0 atom stereocenters. The van der Waals surface area contributed by atoms with Crippen molar-refractivity contribution >= 4 is 45.0 Å². The highest BCUT2D eigenvalue weighted by Crippen LogP contribution is 2.41. The molecule has 5 aromatic rings. The topological polar surface area (TPSA) is 76.7 Å². The molecule has 2 aliphatic rings. The predicted molar refractivity (Wildman–Crippen MR) is 237 cm³/mol. The molecule has 6 nitrogen and oxygen atoms in total. The minimum Gasteiger partial charge on any atom is -0.493 e. The van der Waals surface area contributed by atoms with E-state index < -0.39 is 0 Å². The first-order valence-electron chi connectivity index (χ1n) is 21.1. The number of hydrogen-bond acceptors (Lipinski definition) is 7. The number of aryl methyl sites for hydroxylation is 4. The Hall–Kier alpha value is -4.88.